The third-order valence-corrected chi connectivity index (χ3v) is 1.31. The fraction of sp³-hybridized carbons (Fsp3) is 0.750. The van der Waals surface area contributed by atoms with E-state index in [1.54, 1.807) is 0 Å². The van der Waals surface area contributed by atoms with Crippen LogP contribution in [0.3, 0.4) is 0 Å². The second-order valence-corrected chi connectivity index (χ2v) is 2.38. The lowest BCUT2D eigenvalue weighted by Crippen LogP contribution is -2.09. The van der Waals surface area contributed by atoms with Gasteiger partial charge in [0.25, 0.3) is 0 Å². The van der Waals surface area contributed by atoms with Crippen LogP contribution in [0.25, 0.3) is 0 Å². The Morgan fingerprint density at radius 1 is 1.56 bits per heavy atom. The fourth-order valence-electron chi connectivity index (χ4n) is 0.765. The van der Waals surface area contributed by atoms with E-state index in [1.165, 1.54) is 24.8 Å². The van der Waals surface area contributed by atoms with E-state index in [9.17, 15) is 0 Å². The van der Waals surface area contributed by atoms with Crippen molar-refractivity contribution >= 4 is 0 Å². The van der Waals surface area contributed by atoms with Crippen molar-refractivity contribution in [3.8, 4) is 0 Å². The maximum absolute atomic E-state index is 3.92. The van der Waals surface area contributed by atoms with Gasteiger partial charge in [0.1, 0.15) is 0 Å². The van der Waals surface area contributed by atoms with E-state index in [-0.39, 0.29) is 0 Å². The molecular formula is C8H17N. The number of rotatable bonds is 5. The average Bonchev–Trinajstić information content (AvgIpc) is 1.85. The number of unbranched alkanes of at least 4 members (excludes halogenated alkanes) is 1. The van der Waals surface area contributed by atoms with Crippen molar-refractivity contribution in [1.82, 2.24) is 5.32 Å². The lowest BCUT2D eigenvalue weighted by Gasteiger charge is -2.01. The SMILES string of the molecule is C=C(CCCC)CNC. The van der Waals surface area contributed by atoms with Gasteiger partial charge in [0.15, 0.2) is 0 Å². The minimum Gasteiger partial charge on any atom is -0.316 e. The van der Waals surface area contributed by atoms with Gasteiger partial charge >= 0.3 is 0 Å². The molecule has 9 heavy (non-hydrogen) atoms. The minimum atomic E-state index is 0.972. The molecule has 0 aliphatic heterocycles. The quantitative estimate of drug-likeness (QED) is 0.557. The summed E-state index contributed by atoms with van der Waals surface area (Å²) in [4.78, 5) is 0. The van der Waals surface area contributed by atoms with Crippen molar-refractivity contribution in [2.24, 2.45) is 0 Å². The van der Waals surface area contributed by atoms with Gasteiger partial charge in [0, 0.05) is 6.54 Å². The Morgan fingerprint density at radius 2 is 2.22 bits per heavy atom. The average molecular weight is 127 g/mol. The summed E-state index contributed by atoms with van der Waals surface area (Å²) in [6.45, 7) is 7.09. The maximum atomic E-state index is 3.92. The molecule has 0 heterocycles. The molecule has 54 valence electrons. The van der Waals surface area contributed by atoms with Crippen LogP contribution in [-0.4, -0.2) is 13.6 Å². The van der Waals surface area contributed by atoms with Crippen molar-refractivity contribution in [3.05, 3.63) is 12.2 Å². The first kappa shape index (κ1) is 8.70. The summed E-state index contributed by atoms with van der Waals surface area (Å²) in [5, 5.41) is 3.08. The van der Waals surface area contributed by atoms with Crippen molar-refractivity contribution in [3.63, 3.8) is 0 Å². The van der Waals surface area contributed by atoms with E-state index in [2.05, 4.69) is 18.8 Å². The smallest absolute Gasteiger partial charge is 0.0158 e. The highest BCUT2D eigenvalue weighted by Crippen LogP contribution is 2.02. The summed E-state index contributed by atoms with van der Waals surface area (Å²) in [5.41, 5.74) is 1.32. The second-order valence-electron chi connectivity index (χ2n) is 2.38. The van der Waals surface area contributed by atoms with Gasteiger partial charge in [-0.25, -0.2) is 0 Å². The van der Waals surface area contributed by atoms with Gasteiger partial charge in [-0.1, -0.05) is 25.5 Å². The Hall–Kier alpha value is -0.300. The van der Waals surface area contributed by atoms with E-state index >= 15 is 0 Å². The topological polar surface area (TPSA) is 12.0 Å². The third-order valence-electron chi connectivity index (χ3n) is 1.31. The first-order valence-corrected chi connectivity index (χ1v) is 3.62. The molecular weight excluding hydrogens is 110 g/mol. The summed E-state index contributed by atoms with van der Waals surface area (Å²) in [5.74, 6) is 0. The Balaban J connectivity index is 3.06. The molecule has 0 aromatic carbocycles. The highest BCUT2D eigenvalue weighted by atomic mass is 14.8. The molecule has 0 aromatic heterocycles. The molecule has 0 radical (unpaired) electrons. The second kappa shape index (κ2) is 5.83. The third kappa shape index (κ3) is 5.57. The van der Waals surface area contributed by atoms with Crippen LogP contribution in [0.5, 0.6) is 0 Å². The zero-order chi connectivity index (χ0) is 7.11. The molecule has 0 fully saturated rings. The monoisotopic (exact) mass is 127 g/mol. The molecule has 0 spiro atoms. The molecule has 0 aliphatic carbocycles. The number of likely N-dealkylation sites (N-methyl/N-ethyl adjacent to an activating group) is 1. The van der Waals surface area contributed by atoms with Crippen molar-refractivity contribution in [2.45, 2.75) is 26.2 Å². The van der Waals surface area contributed by atoms with Crippen LogP contribution in [0.4, 0.5) is 0 Å². The summed E-state index contributed by atoms with van der Waals surface area (Å²) in [7, 11) is 1.96. The predicted molar refractivity (Wildman–Crippen MR) is 42.6 cm³/mol. The van der Waals surface area contributed by atoms with Gasteiger partial charge < -0.3 is 5.32 Å². The fourth-order valence-corrected chi connectivity index (χ4v) is 0.765. The molecule has 0 bridgehead atoms. The highest BCUT2D eigenvalue weighted by Gasteiger charge is 1.89. The minimum absolute atomic E-state index is 0.972. The highest BCUT2D eigenvalue weighted by molar-refractivity contribution is 4.95. The van der Waals surface area contributed by atoms with Gasteiger partial charge in [-0.05, 0) is 19.9 Å². The molecule has 0 aliphatic rings. The van der Waals surface area contributed by atoms with Gasteiger partial charge in [-0.2, -0.15) is 0 Å². The predicted octanol–water partition coefficient (Wildman–Crippen LogP) is 1.95. The number of hydrogen-bond donors (Lipinski definition) is 1. The van der Waals surface area contributed by atoms with Crippen LogP contribution < -0.4 is 5.32 Å². The lowest BCUT2D eigenvalue weighted by molar-refractivity contribution is 0.747. The van der Waals surface area contributed by atoms with E-state index in [4.69, 9.17) is 0 Å². The molecule has 0 saturated heterocycles. The Bertz CT molecular complexity index is 76.6. The molecule has 1 nitrogen and oxygen atoms in total. The van der Waals surface area contributed by atoms with Gasteiger partial charge in [0.2, 0.25) is 0 Å². The Morgan fingerprint density at radius 3 is 2.67 bits per heavy atom. The molecule has 0 saturated carbocycles. The summed E-state index contributed by atoms with van der Waals surface area (Å²) >= 11 is 0. The van der Waals surface area contributed by atoms with Gasteiger partial charge in [-0.3, -0.25) is 0 Å². The first-order chi connectivity index (χ1) is 4.31. The summed E-state index contributed by atoms with van der Waals surface area (Å²) in [6, 6.07) is 0. The Kier molecular flexibility index (Phi) is 5.64. The molecule has 1 N–H and O–H groups in total. The van der Waals surface area contributed by atoms with E-state index in [0.29, 0.717) is 0 Å². The van der Waals surface area contributed by atoms with Crippen LogP contribution in [0, 0.1) is 0 Å². The molecule has 0 atom stereocenters. The Labute approximate surface area is 58.2 Å². The number of nitrogens with one attached hydrogen (secondary N) is 1. The molecule has 0 amide bonds. The van der Waals surface area contributed by atoms with Crippen LogP contribution in [-0.2, 0) is 0 Å². The van der Waals surface area contributed by atoms with E-state index < -0.39 is 0 Å². The van der Waals surface area contributed by atoms with Gasteiger partial charge in [-0.15, -0.1) is 0 Å². The normalized spacial score (nSPS) is 9.56. The first-order valence-electron chi connectivity index (χ1n) is 3.62. The maximum Gasteiger partial charge on any atom is 0.0158 e. The van der Waals surface area contributed by atoms with Crippen molar-refractivity contribution in [2.75, 3.05) is 13.6 Å². The zero-order valence-corrected chi connectivity index (χ0v) is 6.54. The summed E-state index contributed by atoms with van der Waals surface area (Å²) < 4.78 is 0. The zero-order valence-electron chi connectivity index (χ0n) is 6.54. The molecule has 0 unspecified atom stereocenters. The summed E-state index contributed by atoms with van der Waals surface area (Å²) in [6.07, 6.45) is 3.72. The van der Waals surface area contributed by atoms with E-state index in [1.807, 2.05) is 7.05 Å². The molecule has 0 aromatic rings. The van der Waals surface area contributed by atoms with Crippen LogP contribution in [0.2, 0.25) is 0 Å². The molecule has 1 heteroatoms. The van der Waals surface area contributed by atoms with Crippen molar-refractivity contribution < 1.29 is 0 Å². The van der Waals surface area contributed by atoms with Crippen LogP contribution >= 0.6 is 0 Å². The van der Waals surface area contributed by atoms with Gasteiger partial charge in [0.05, 0.1) is 0 Å². The van der Waals surface area contributed by atoms with E-state index in [0.717, 1.165) is 6.54 Å². The molecule has 0 rings (SSSR count). The largest absolute Gasteiger partial charge is 0.316 e. The van der Waals surface area contributed by atoms with Crippen molar-refractivity contribution in [1.29, 1.82) is 0 Å². The standard InChI is InChI=1S/C8H17N/c1-4-5-6-8(2)7-9-3/h9H,2,4-7H2,1,3H3. The van der Waals surface area contributed by atoms with Crippen LogP contribution in [0.1, 0.15) is 26.2 Å². The number of hydrogen-bond acceptors (Lipinski definition) is 1. The lowest BCUT2D eigenvalue weighted by atomic mass is 10.1. The van der Waals surface area contributed by atoms with Crippen LogP contribution in [0.15, 0.2) is 12.2 Å².